The molecule has 1 aliphatic heterocycles. The minimum absolute atomic E-state index is 0.156. The second-order valence-corrected chi connectivity index (χ2v) is 5.52. The van der Waals surface area contributed by atoms with Crippen LogP contribution < -0.4 is 5.32 Å². The number of aryl methyl sites for hydroxylation is 1. The third-order valence-electron chi connectivity index (χ3n) is 2.99. The molecule has 0 unspecified atom stereocenters. The molecule has 17 heavy (non-hydrogen) atoms. The molecule has 1 aromatic carbocycles. The number of nitrogens with one attached hydrogen (secondary N) is 1. The van der Waals surface area contributed by atoms with Crippen molar-refractivity contribution >= 4 is 17.7 Å². The van der Waals surface area contributed by atoms with Crippen LogP contribution in [0.15, 0.2) is 18.2 Å². The quantitative estimate of drug-likeness (QED) is 0.878. The first kappa shape index (κ1) is 12.4. The zero-order chi connectivity index (χ0) is 12.3. The molecule has 0 saturated carbocycles. The Hall–Kier alpha value is -1.03. The molecule has 1 aromatic rings. The number of hydrogen-bond acceptors (Lipinski definition) is 2. The normalized spacial score (nSPS) is 16.8. The summed E-state index contributed by atoms with van der Waals surface area (Å²) in [6.07, 6.45) is 1.95. The van der Waals surface area contributed by atoms with E-state index >= 15 is 0 Å². The lowest BCUT2D eigenvalue weighted by atomic mass is 10.1. The number of amides is 1. The van der Waals surface area contributed by atoms with Crippen molar-refractivity contribution in [2.45, 2.75) is 25.8 Å². The van der Waals surface area contributed by atoms with Gasteiger partial charge < -0.3 is 5.32 Å². The molecule has 0 aromatic heterocycles. The average Bonchev–Trinajstić information content (AvgIpc) is 2.34. The molecule has 4 heteroatoms. The zero-order valence-electron chi connectivity index (χ0n) is 9.83. The Kier molecular flexibility index (Phi) is 4.05. The van der Waals surface area contributed by atoms with Crippen molar-refractivity contribution < 1.29 is 9.18 Å². The largest absolute Gasteiger partial charge is 0.349 e. The van der Waals surface area contributed by atoms with Gasteiger partial charge in [0.05, 0.1) is 5.56 Å². The molecule has 0 radical (unpaired) electrons. The molecule has 1 N–H and O–H groups in total. The fourth-order valence-corrected chi connectivity index (χ4v) is 3.03. The van der Waals surface area contributed by atoms with Crippen molar-refractivity contribution in [3.63, 3.8) is 0 Å². The topological polar surface area (TPSA) is 29.1 Å². The summed E-state index contributed by atoms with van der Waals surface area (Å²) in [5.41, 5.74) is 0.667. The number of carbonyl (C=O) groups is 1. The molecule has 92 valence electrons. The van der Waals surface area contributed by atoms with E-state index in [0.29, 0.717) is 5.56 Å². The van der Waals surface area contributed by atoms with Gasteiger partial charge in [0.1, 0.15) is 5.82 Å². The van der Waals surface area contributed by atoms with Crippen molar-refractivity contribution in [1.29, 1.82) is 0 Å². The first-order valence-corrected chi connectivity index (χ1v) is 6.97. The van der Waals surface area contributed by atoms with Crippen LogP contribution in [0.4, 0.5) is 4.39 Å². The first-order valence-electron chi connectivity index (χ1n) is 5.82. The van der Waals surface area contributed by atoms with Crippen molar-refractivity contribution in [3.05, 3.63) is 35.1 Å². The minimum Gasteiger partial charge on any atom is -0.349 e. The number of carbonyl (C=O) groups excluding carboxylic acids is 1. The Bertz CT molecular complexity index is 416. The Morgan fingerprint density at radius 2 is 2.12 bits per heavy atom. The van der Waals surface area contributed by atoms with Gasteiger partial charge in [-0.1, -0.05) is 12.1 Å². The van der Waals surface area contributed by atoms with Crippen molar-refractivity contribution in [2.75, 3.05) is 11.5 Å². The fraction of sp³-hybridized carbons (Fsp3) is 0.462. The minimum atomic E-state index is -0.407. The maximum atomic E-state index is 13.7. The van der Waals surface area contributed by atoms with Gasteiger partial charge in [0.25, 0.3) is 5.91 Å². The standard InChI is InChI=1S/C13H16FNOS/c1-9-3-2-4-11(12(9)14)13(16)15-10-5-7-17-8-6-10/h2-4,10H,5-8H2,1H3,(H,15,16). The van der Waals surface area contributed by atoms with Gasteiger partial charge in [-0.3, -0.25) is 4.79 Å². The molecule has 1 amide bonds. The molecular formula is C13H16FNOS. The van der Waals surface area contributed by atoms with E-state index in [0.717, 1.165) is 24.3 Å². The summed E-state index contributed by atoms with van der Waals surface area (Å²) >= 11 is 1.90. The van der Waals surface area contributed by atoms with Gasteiger partial charge in [0.2, 0.25) is 0 Å². The van der Waals surface area contributed by atoms with Gasteiger partial charge in [-0.2, -0.15) is 11.8 Å². The van der Waals surface area contributed by atoms with E-state index in [1.54, 1.807) is 19.1 Å². The highest BCUT2D eigenvalue weighted by molar-refractivity contribution is 7.99. The Labute approximate surface area is 105 Å². The van der Waals surface area contributed by atoms with Gasteiger partial charge in [-0.15, -0.1) is 0 Å². The molecular weight excluding hydrogens is 237 g/mol. The maximum absolute atomic E-state index is 13.7. The van der Waals surface area contributed by atoms with E-state index in [9.17, 15) is 9.18 Å². The van der Waals surface area contributed by atoms with Crippen molar-refractivity contribution in [2.24, 2.45) is 0 Å². The molecule has 0 aliphatic carbocycles. The van der Waals surface area contributed by atoms with Crippen LogP contribution in [0.5, 0.6) is 0 Å². The molecule has 1 heterocycles. The lowest BCUT2D eigenvalue weighted by Gasteiger charge is -2.22. The van der Waals surface area contributed by atoms with Crippen LogP contribution in [0.2, 0.25) is 0 Å². The van der Waals surface area contributed by atoms with Crippen molar-refractivity contribution in [1.82, 2.24) is 5.32 Å². The Morgan fingerprint density at radius 1 is 1.41 bits per heavy atom. The summed E-state index contributed by atoms with van der Waals surface area (Å²) in [5, 5.41) is 2.91. The molecule has 0 spiro atoms. The number of benzene rings is 1. The molecule has 2 nitrogen and oxygen atoms in total. The summed E-state index contributed by atoms with van der Waals surface area (Å²) < 4.78 is 13.7. The number of halogens is 1. The van der Waals surface area contributed by atoms with E-state index in [1.807, 2.05) is 11.8 Å². The molecule has 1 fully saturated rings. The highest BCUT2D eigenvalue weighted by Gasteiger charge is 2.19. The summed E-state index contributed by atoms with van der Waals surface area (Å²) in [6.45, 7) is 1.67. The lowest BCUT2D eigenvalue weighted by molar-refractivity contribution is 0.0930. The van der Waals surface area contributed by atoms with E-state index in [4.69, 9.17) is 0 Å². The summed E-state index contributed by atoms with van der Waals surface area (Å²) in [4.78, 5) is 11.9. The molecule has 0 atom stereocenters. The zero-order valence-corrected chi connectivity index (χ0v) is 10.6. The molecule has 0 bridgehead atoms. The van der Waals surface area contributed by atoms with Gasteiger partial charge in [-0.25, -0.2) is 4.39 Å². The van der Waals surface area contributed by atoms with E-state index in [2.05, 4.69) is 5.32 Å². The van der Waals surface area contributed by atoms with Crippen LogP contribution in [-0.4, -0.2) is 23.5 Å². The fourth-order valence-electron chi connectivity index (χ4n) is 1.93. The maximum Gasteiger partial charge on any atom is 0.254 e. The third-order valence-corrected chi connectivity index (χ3v) is 4.04. The Balaban J connectivity index is 2.06. The number of rotatable bonds is 2. The number of hydrogen-bond donors (Lipinski definition) is 1. The lowest BCUT2D eigenvalue weighted by Crippen LogP contribution is -2.37. The monoisotopic (exact) mass is 253 g/mol. The second-order valence-electron chi connectivity index (χ2n) is 4.30. The predicted octanol–water partition coefficient (Wildman–Crippen LogP) is 2.76. The highest BCUT2D eigenvalue weighted by Crippen LogP contribution is 2.18. The van der Waals surface area contributed by atoms with Crippen LogP contribution in [0.25, 0.3) is 0 Å². The summed E-state index contributed by atoms with van der Waals surface area (Å²) in [5.74, 6) is 1.45. The van der Waals surface area contributed by atoms with Gasteiger partial charge >= 0.3 is 0 Å². The summed E-state index contributed by atoms with van der Waals surface area (Å²) in [6, 6.07) is 5.12. The van der Waals surface area contributed by atoms with E-state index in [-0.39, 0.29) is 17.5 Å². The second kappa shape index (κ2) is 5.54. The van der Waals surface area contributed by atoms with Crippen LogP contribution >= 0.6 is 11.8 Å². The van der Waals surface area contributed by atoms with Crippen LogP contribution in [0.1, 0.15) is 28.8 Å². The van der Waals surface area contributed by atoms with Crippen LogP contribution in [0, 0.1) is 12.7 Å². The predicted molar refractivity (Wildman–Crippen MR) is 69.0 cm³/mol. The van der Waals surface area contributed by atoms with E-state index in [1.165, 1.54) is 6.07 Å². The van der Waals surface area contributed by atoms with Gasteiger partial charge in [0.15, 0.2) is 0 Å². The molecule has 1 saturated heterocycles. The van der Waals surface area contributed by atoms with E-state index < -0.39 is 5.82 Å². The van der Waals surface area contributed by atoms with Crippen molar-refractivity contribution in [3.8, 4) is 0 Å². The van der Waals surface area contributed by atoms with Crippen LogP contribution in [0.3, 0.4) is 0 Å². The van der Waals surface area contributed by atoms with Gasteiger partial charge in [0, 0.05) is 6.04 Å². The SMILES string of the molecule is Cc1cccc(C(=O)NC2CCSCC2)c1F. The third kappa shape index (κ3) is 3.00. The molecule has 1 aliphatic rings. The molecule has 2 rings (SSSR count). The smallest absolute Gasteiger partial charge is 0.254 e. The Morgan fingerprint density at radius 3 is 2.82 bits per heavy atom. The highest BCUT2D eigenvalue weighted by atomic mass is 32.2. The number of thioether (sulfide) groups is 1. The van der Waals surface area contributed by atoms with Crippen LogP contribution in [-0.2, 0) is 0 Å². The average molecular weight is 253 g/mol. The van der Waals surface area contributed by atoms with Gasteiger partial charge in [-0.05, 0) is 42.9 Å². The first-order chi connectivity index (χ1) is 8.18. The summed E-state index contributed by atoms with van der Waals surface area (Å²) in [7, 11) is 0.